The maximum absolute atomic E-state index is 11.2. The Morgan fingerprint density at radius 1 is 1.62 bits per heavy atom. The van der Waals surface area contributed by atoms with Gasteiger partial charge in [-0.15, -0.1) is 0 Å². The van der Waals surface area contributed by atoms with Crippen LogP contribution in [0.3, 0.4) is 0 Å². The smallest absolute Gasteiger partial charge is 0.351 e. The van der Waals surface area contributed by atoms with Gasteiger partial charge in [0.2, 0.25) is 0 Å². The predicted molar refractivity (Wildman–Crippen MR) is 61.3 cm³/mol. The van der Waals surface area contributed by atoms with E-state index in [2.05, 4.69) is 9.72 Å². The van der Waals surface area contributed by atoms with Gasteiger partial charge in [0, 0.05) is 0 Å². The van der Waals surface area contributed by atoms with E-state index in [1.807, 2.05) is 0 Å². The number of halogens is 1. The molecule has 0 aromatic carbocycles. The third-order valence-corrected chi connectivity index (χ3v) is 3.72. The fraction of sp³-hybridized carbons (Fsp3) is 0.600. The summed E-state index contributed by atoms with van der Waals surface area (Å²) >= 11 is 6.92. The minimum Gasteiger partial charge on any atom is -0.470 e. The lowest BCUT2D eigenvalue weighted by atomic mass is 10.3. The van der Waals surface area contributed by atoms with Crippen molar-refractivity contribution in [1.29, 1.82) is 0 Å². The minimum atomic E-state index is -0.473. The van der Waals surface area contributed by atoms with Gasteiger partial charge in [0.1, 0.15) is 0 Å². The van der Waals surface area contributed by atoms with E-state index in [4.69, 9.17) is 16.3 Å². The normalized spacial score (nSPS) is 14.9. The molecule has 88 valence electrons. The van der Waals surface area contributed by atoms with Crippen molar-refractivity contribution in [3.05, 3.63) is 10.0 Å². The summed E-state index contributed by atoms with van der Waals surface area (Å²) in [4.78, 5) is 15.5. The van der Waals surface area contributed by atoms with Crippen molar-refractivity contribution in [1.82, 2.24) is 4.98 Å². The van der Waals surface area contributed by atoms with Crippen molar-refractivity contribution >= 4 is 28.9 Å². The van der Waals surface area contributed by atoms with E-state index in [0.29, 0.717) is 16.7 Å². The Labute approximate surface area is 103 Å². The number of nitrogens with zero attached hydrogens (tertiary/aromatic N) is 1. The molecule has 0 atom stereocenters. The molecule has 0 bridgehead atoms. The lowest BCUT2D eigenvalue weighted by Crippen LogP contribution is -1.98. The highest BCUT2D eigenvalue weighted by molar-refractivity contribution is 7.15. The van der Waals surface area contributed by atoms with Gasteiger partial charge in [0.25, 0.3) is 5.19 Å². The van der Waals surface area contributed by atoms with E-state index < -0.39 is 5.97 Å². The molecule has 1 aromatic heterocycles. The molecular formula is C10H12ClNO3S. The molecule has 0 spiro atoms. The molecule has 16 heavy (non-hydrogen) atoms. The molecule has 1 aromatic rings. The fourth-order valence-corrected chi connectivity index (χ4v) is 2.35. The zero-order chi connectivity index (χ0) is 11.5. The second kappa shape index (κ2) is 5.01. The standard InChI is InChI=1S/C10H12ClNO3S/c1-14-9(13)7-8(11)12-10(16-7)15-5-4-6-2-3-6/h6H,2-5H2,1H3. The Balaban J connectivity index is 1.91. The molecule has 1 aliphatic carbocycles. The Hall–Kier alpha value is -0.810. The van der Waals surface area contributed by atoms with Gasteiger partial charge in [0.15, 0.2) is 10.0 Å². The average Bonchev–Trinajstić information content (AvgIpc) is 3.01. The zero-order valence-corrected chi connectivity index (χ0v) is 10.4. The molecule has 1 heterocycles. The number of thiazole rings is 1. The second-order valence-corrected chi connectivity index (χ2v) is 4.99. The van der Waals surface area contributed by atoms with Crippen LogP contribution in [0.4, 0.5) is 0 Å². The van der Waals surface area contributed by atoms with Crippen molar-refractivity contribution in [2.24, 2.45) is 5.92 Å². The van der Waals surface area contributed by atoms with Crippen LogP contribution in [0, 0.1) is 5.92 Å². The first-order valence-corrected chi connectivity index (χ1v) is 6.27. The summed E-state index contributed by atoms with van der Waals surface area (Å²) in [6.45, 7) is 0.634. The van der Waals surface area contributed by atoms with E-state index in [0.717, 1.165) is 23.7 Å². The highest BCUT2D eigenvalue weighted by atomic mass is 35.5. The third kappa shape index (κ3) is 2.86. The number of hydrogen-bond acceptors (Lipinski definition) is 5. The molecule has 0 aliphatic heterocycles. The van der Waals surface area contributed by atoms with Gasteiger partial charge in [-0.2, -0.15) is 4.98 Å². The highest BCUT2D eigenvalue weighted by Gasteiger charge is 2.22. The Bertz CT molecular complexity index is 389. The lowest BCUT2D eigenvalue weighted by molar-refractivity contribution is 0.0606. The van der Waals surface area contributed by atoms with Crippen LogP contribution in [-0.2, 0) is 4.74 Å². The SMILES string of the molecule is COC(=O)c1sc(OCCC2CC2)nc1Cl. The third-order valence-electron chi connectivity index (χ3n) is 2.39. The van der Waals surface area contributed by atoms with E-state index in [1.165, 1.54) is 20.0 Å². The minimum absolute atomic E-state index is 0.151. The molecule has 1 saturated carbocycles. The van der Waals surface area contributed by atoms with Crippen molar-refractivity contribution in [2.75, 3.05) is 13.7 Å². The number of hydrogen-bond donors (Lipinski definition) is 0. The molecule has 0 N–H and O–H groups in total. The largest absolute Gasteiger partial charge is 0.470 e. The number of methoxy groups -OCH3 is 1. The number of rotatable bonds is 5. The van der Waals surface area contributed by atoms with E-state index in [1.54, 1.807) is 0 Å². The maximum Gasteiger partial charge on any atom is 0.351 e. The van der Waals surface area contributed by atoms with Gasteiger partial charge in [0.05, 0.1) is 13.7 Å². The summed E-state index contributed by atoms with van der Waals surface area (Å²) in [6, 6.07) is 0. The van der Waals surface area contributed by atoms with Gasteiger partial charge in [-0.25, -0.2) is 4.79 Å². The molecule has 0 amide bonds. The van der Waals surface area contributed by atoms with Crippen molar-refractivity contribution in [3.8, 4) is 5.19 Å². The Morgan fingerprint density at radius 2 is 2.38 bits per heavy atom. The Kier molecular flexibility index (Phi) is 3.66. The van der Waals surface area contributed by atoms with Crippen LogP contribution in [0.15, 0.2) is 0 Å². The number of ether oxygens (including phenoxy) is 2. The second-order valence-electron chi connectivity index (χ2n) is 3.67. The van der Waals surface area contributed by atoms with Crippen LogP contribution in [0.5, 0.6) is 5.19 Å². The van der Waals surface area contributed by atoms with Crippen molar-refractivity contribution in [3.63, 3.8) is 0 Å². The predicted octanol–water partition coefficient (Wildman–Crippen LogP) is 2.76. The van der Waals surface area contributed by atoms with Crippen LogP contribution in [0.25, 0.3) is 0 Å². The highest BCUT2D eigenvalue weighted by Crippen LogP contribution is 2.33. The number of carbonyl (C=O) groups excluding carboxylic acids is 1. The van der Waals surface area contributed by atoms with Gasteiger partial charge in [-0.1, -0.05) is 35.8 Å². The number of aromatic nitrogens is 1. The summed E-state index contributed by atoms with van der Waals surface area (Å²) in [6.07, 6.45) is 3.65. The van der Waals surface area contributed by atoms with E-state index in [9.17, 15) is 4.79 Å². The molecule has 0 saturated heterocycles. The summed E-state index contributed by atoms with van der Waals surface area (Å²) in [5, 5.41) is 0.587. The number of carbonyl (C=O) groups is 1. The van der Waals surface area contributed by atoms with Gasteiger partial charge < -0.3 is 9.47 Å². The van der Waals surface area contributed by atoms with E-state index in [-0.39, 0.29) is 5.15 Å². The quantitative estimate of drug-likeness (QED) is 0.765. The topological polar surface area (TPSA) is 48.4 Å². The molecule has 0 unspecified atom stereocenters. The van der Waals surface area contributed by atoms with Gasteiger partial charge in [-0.05, 0) is 12.3 Å². The summed E-state index contributed by atoms with van der Waals surface area (Å²) < 4.78 is 10.0. The molecule has 6 heteroatoms. The molecule has 0 radical (unpaired) electrons. The molecule has 2 rings (SSSR count). The first-order chi connectivity index (χ1) is 7.70. The molecule has 1 aliphatic rings. The van der Waals surface area contributed by atoms with Crippen molar-refractivity contribution in [2.45, 2.75) is 19.3 Å². The van der Waals surface area contributed by atoms with Crippen LogP contribution in [0.1, 0.15) is 28.9 Å². The summed E-state index contributed by atoms with van der Waals surface area (Å²) in [5.74, 6) is 0.343. The Morgan fingerprint density at radius 3 is 3.00 bits per heavy atom. The molecular weight excluding hydrogens is 250 g/mol. The van der Waals surface area contributed by atoms with Crippen LogP contribution in [-0.4, -0.2) is 24.7 Å². The molecule has 1 fully saturated rings. The van der Waals surface area contributed by atoms with Crippen LogP contribution in [0.2, 0.25) is 5.15 Å². The fourth-order valence-electron chi connectivity index (χ4n) is 1.28. The number of esters is 1. The first kappa shape index (κ1) is 11.7. The van der Waals surface area contributed by atoms with Gasteiger partial charge >= 0.3 is 5.97 Å². The summed E-state index contributed by atoms with van der Waals surface area (Å²) in [7, 11) is 1.31. The zero-order valence-electron chi connectivity index (χ0n) is 8.86. The van der Waals surface area contributed by atoms with Crippen molar-refractivity contribution < 1.29 is 14.3 Å². The average molecular weight is 262 g/mol. The van der Waals surface area contributed by atoms with Crippen LogP contribution < -0.4 is 4.74 Å². The van der Waals surface area contributed by atoms with Gasteiger partial charge in [-0.3, -0.25) is 0 Å². The first-order valence-electron chi connectivity index (χ1n) is 5.08. The lowest BCUT2D eigenvalue weighted by Gasteiger charge is -1.99. The van der Waals surface area contributed by atoms with Crippen LogP contribution >= 0.6 is 22.9 Å². The summed E-state index contributed by atoms with van der Waals surface area (Å²) in [5.41, 5.74) is 0. The maximum atomic E-state index is 11.2. The molecule has 4 nitrogen and oxygen atoms in total. The monoisotopic (exact) mass is 261 g/mol. The van der Waals surface area contributed by atoms with E-state index >= 15 is 0 Å².